The number of allylic oxidation sites excluding steroid dienone is 1. The van der Waals surface area contributed by atoms with Crippen LogP contribution < -0.4 is 0 Å². The number of hydrogen-bond donors (Lipinski definition) is 0. The molecule has 0 fully saturated rings. The van der Waals surface area contributed by atoms with Crippen molar-refractivity contribution in [2.24, 2.45) is 0 Å². The van der Waals surface area contributed by atoms with Crippen LogP contribution in [0.5, 0.6) is 0 Å². The number of para-hydroxylation sites is 1. The number of rotatable bonds is 0. The maximum absolute atomic E-state index is 11.8. The predicted molar refractivity (Wildman–Crippen MR) is 72.8 cm³/mol. The Morgan fingerprint density at radius 2 is 1.89 bits per heavy atom. The molecule has 0 saturated carbocycles. The van der Waals surface area contributed by atoms with E-state index < -0.39 is 0 Å². The molecule has 4 nitrogen and oxygen atoms in total. The van der Waals surface area contributed by atoms with E-state index in [0.29, 0.717) is 23.5 Å². The maximum Gasteiger partial charge on any atom is 0.187 e. The summed E-state index contributed by atoms with van der Waals surface area (Å²) in [6.07, 6.45) is 4.05. The van der Waals surface area contributed by atoms with E-state index in [-0.39, 0.29) is 5.78 Å². The van der Waals surface area contributed by atoms with Gasteiger partial charge in [0.25, 0.3) is 0 Å². The van der Waals surface area contributed by atoms with Crippen molar-refractivity contribution in [3.63, 3.8) is 0 Å². The highest BCUT2D eigenvalue weighted by molar-refractivity contribution is 6.02. The van der Waals surface area contributed by atoms with E-state index in [1.54, 1.807) is 0 Å². The summed E-state index contributed by atoms with van der Waals surface area (Å²) in [4.78, 5) is 25.1. The number of carbonyl (C=O) groups is 1. The topological polar surface area (TPSA) is 55.7 Å². The first-order chi connectivity index (χ1) is 9.31. The van der Waals surface area contributed by atoms with E-state index in [0.717, 1.165) is 16.4 Å². The molecule has 1 aliphatic carbocycles. The number of fused-ring (bicyclic) bond motifs is 3. The van der Waals surface area contributed by atoms with Crippen molar-refractivity contribution in [2.45, 2.75) is 6.42 Å². The first kappa shape index (κ1) is 10.3. The minimum Gasteiger partial charge on any atom is -0.292 e. The smallest absolute Gasteiger partial charge is 0.187 e. The molecule has 19 heavy (non-hydrogen) atoms. The summed E-state index contributed by atoms with van der Waals surface area (Å²) in [5.74, 6) is 0.00172. The van der Waals surface area contributed by atoms with Crippen LogP contribution >= 0.6 is 0 Å². The number of ketones is 1. The summed E-state index contributed by atoms with van der Waals surface area (Å²) < 4.78 is 0. The van der Waals surface area contributed by atoms with Crippen molar-refractivity contribution in [1.82, 2.24) is 15.0 Å². The molecule has 90 valence electrons. The normalized spacial score (nSPS) is 14.0. The third kappa shape index (κ3) is 1.53. The molecule has 2 heterocycles. The Hall–Kier alpha value is -2.62. The Kier molecular flexibility index (Phi) is 2.00. The van der Waals surface area contributed by atoms with Crippen molar-refractivity contribution in [3.8, 4) is 0 Å². The molecular formula is C15H9N3O. The van der Waals surface area contributed by atoms with Gasteiger partial charge < -0.3 is 0 Å². The summed E-state index contributed by atoms with van der Waals surface area (Å²) in [5.41, 5.74) is 3.18. The molecule has 0 radical (unpaired) electrons. The largest absolute Gasteiger partial charge is 0.292 e. The predicted octanol–water partition coefficient (Wildman–Crippen LogP) is 2.78. The summed E-state index contributed by atoms with van der Waals surface area (Å²) in [6, 6.07) is 9.77. The Morgan fingerprint density at radius 3 is 2.84 bits per heavy atom. The molecule has 3 aromatic rings. The quantitative estimate of drug-likeness (QED) is 0.573. The molecule has 4 heteroatoms. The SMILES string of the molecule is O=C1CC=Cc2nc3cc4ccccc4nc3nc21. The first-order valence-corrected chi connectivity index (χ1v) is 6.08. The average Bonchev–Trinajstić information content (AvgIpc) is 2.44. The lowest BCUT2D eigenvalue weighted by Crippen LogP contribution is -2.10. The first-order valence-electron chi connectivity index (χ1n) is 6.08. The minimum atomic E-state index is 0.00172. The van der Waals surface area contributed by atoms with Crippen molar-refractivity contribution in [1.29, 1.82) is 0 Å². The molecule has 0 saturated heterocycles. The maximum atomic E-state index is 11.8. The second-order valence-corrected chi connectivity index (χ2v) is 4.51. The highest BCUT2D eigenvalue weighted by Crippen LogP contribution is 2.21. The van der Waals surface area contributed by atoms with Crippen LogP contribution in [-0.2, 0) is 0 Å². The molecule has 0 unspecified atom stereocenters. The Bertz CT molecular complexity index is 868. The van der Waals surface area contributed by atoms with Crippen LogP contribution in [0.1, 0.15) is 22.6 Å². The zero-order valence-electron chi connectivity index (χ0n) is 10.00. The van der Waals surface area contributed by atoms with Gasteiger partial charge >= 0.3 is 0 Å². The van der Waals surface area contributed by atoms with E-state index in [1.807, 2.05) is 42.5 Å². The number of benzene rings is 1. The van der Waals surface area contributed by atoms with E-state index in [2.05, 4.69) is 15.0 Å². The number of nitrogens with zero attached hydrogens (tertiary/aromatic N) is 3. The molecule has 4 rings (SSSR count). The zero-order valence-corrected chi connectivity index (χ0v) is 10.00. The number of pyridine rings is 1. The van der Waals surface area contributed by atoms with Crippen LogP contribution in [0.3, 0.4) is 0 Å². The van der Waals surface area contributed by atoms with Gasteiger partial charge in [0.2, 0.25) is 0 Å². The van der Waals surface area contributed by atoms with Crippen LogP contribution in [0, 0.1) is 0 Å². The highest BCUT2D eigenvalue weighted by Gasteiger charge is 2.17. The van der Waals surface area contributed by atoms with E-state index in [4.69, 9.17) is 0 Å². The highest BCUT2D eigenvalue weighted by atomic mass is 16.1. The molecule has 0 atom stereocenters. The fraction of sp³-hybridized carbons (Fsp3) is 0.0667. The van der Waals surface area contributed by atoms with Crippen LogP contribution in [0.15, 0.2) is 36.4 Å². The van der Waals surface area contributed by atoms with Crippen LogP contribution in [0.4, 0.5) is 0 Å². The lowest BCUT2D eigenvalue weighted by atomic mass is 10.1. The number of carbonyl (C=O) groups excluding carboxylic acids is 1. The number of aromatic nitrogens is 3. The standard InChI is InChI=1S/C15H9N3O/c19-13-7-3-6-11-14(13)18-15-12(16-11)8-9-4-1-2-5-10(9)17-15/h1-6,8H,7H2. The Labute approximate surface area is 108 Å². The van der Waals surface area contributed by atoms with Gasteiger partial charge in [-0.05, 0) is 18.2 Å². The molecule has 0 N–H and O–H groups in total. The van der Waals surface area contributed by atoms with E-state index in [9.17, 15) is 4.79 Å². The lowest BCUT2D eigenvalue weighted by Gasteiger charge is -2.08. The number of hydrogen-bond acceptors (Lipinski definition) is 4. The van der Waals surface area contributed by atoms with Gasteiger partial charge in [0.1, 0.15) is 11.2 Å². The second-order valence-electron chi connectivity index (χ2n) is 4.51. The van der Waals surface area contributed by atoms with E-state index >= 15 is 0 Å². The zero-order chi connectivity index (χ0) is 12.8. The summed E-state index contributed by atoms with van der Waals surface area (Å²) in [7, 11) is 0. The summed E-state index contributed by atoms with van der Waals surface area (Å²) >= 11 is 0. The van der Waals surface area contributed by atoms with Crippen molar-refractivity contribution in [3.05, 3.63) is 47.8 Å². The molecule has 1 aromatic carbocycles. The molecule has 0 aliphatic heterocycles. The van der Waals surface area contributed by atoms with Gasteiger partial charge in [0, 0.05) is 11.8 Å². The van der Waals surface area contributed by atoms with Crippen LogP contribution in [-0.4, -0.2) is 20.7 Å². The second kappa shape index (κ2) is 3.68. The van der Waals surface area contributed by atoms with Gasteiger partial charge in [-0.15, -0.1) is 0 Å². The van der Waals surface area contributed by atoms with Gasteiger partial charge in [-0.3, -0.25) is 4.79 Å². The van der Waals surface area contributed by atoms with E-state index in [1.165, 1.54) is 0 Å². The van der Waals surface area contributed by atoms with Gasteiger partial charge in [0.05, 0.1) is 11.2 Å². The molecular weight excluding hydrogens is 238 g/mol. The fourth-order valence-corrected chi connectivity index (χ4v) is 2.30. The van der Waals surface area contributed by atoms with Crippen LogP contribution in [0.2, 0.25) is 0 Å². The molecule has 0 amide bonds. The average molecular weight is 247 g/mol. The van der Waals surface area contributed by atoms with Crippen molar-refractivity contribution >= 4 is 33.9 Å². The lowest BCUT2D eigenvalue weighted by molar-refractivity contribution is 0.0989. The van der Waals surface area contributed by atoms with Crippen LogP contribution in [0.25, 0.3) is 28.1 Å². The number of Topliss-reactive ketones (excluding diaryl/α,β-unsaturated/α-hetero) is 1. The van der Waals surface area contributed by atoms with Crippen molar-refractivity contribution < 1.29 is 4.79 Å². The van der Waals surface area contributed by atoms with Gasteiger partial charge in [-0.25, -0.2) is 15.0 Å². The Morgan fingerprint density at radius 1 is 1.00 bits per heavy atom. The van der Waals surface area contributed by atoms with Gasteiger partial charge in [0.15, 0.2) is 11.4 Å². The molecule has 1 aliphatic rings. The van der Waals surface area contributed by atoms with Crippen molar-refractivity contribution in [2.75, 3.05) is 0 Å². The monoisotopic (exact) mass is 247 g/mol. The molecule has 0 spiro atoms. The molecule has 0 bridgehead atoms. The molecule has 2 aromatic heterocycles. The fourth-order valence-electron chi connectivity index (χ4n) is 2.30. The Balaban J connectivity index is 2.11. The summed E-state index contributed by atoms with van der Waals surface area (Å²) in [6.45, 7) is 0. The van der Waals surface area contributed by atoms with Gasteiger partial charge in [-0.2, -0.15) is 0 Å². The van der Waals surface area contributed by atoms with Gasteiger partial charge in [-0.1, -0.05) is 24.3 Å². The third-order valence-electron chi connectivity index (χ3n) is 3.23. The minimum absolute atomic E-state index is 0.00172. The third-order valence-corrected chi connectivity index (χ3v) is 3.23. The summed E-state index contributed by atoms with van der Waals surface area (Å²) in [5, 5.41) is 1.02.